The average Bonchev–Trinajstić information content (AvgIpc) is 3.00. The molecule has 0 aliphatic heterocycles. The highest BCUT2D eigenvalue weighted by Crippen LogP contribution is 2.48. The third-order valence-corrected chi connectivity index (χ3v) is 5.58. The number of carbonyl (C=O) groups is 1. The number of nitrogens with one attached hydrogen (secondary N) is 2. The van der Waals surface area contributed by atoms with Crippen LogP contribution in [0.25, 0.3) is 22.2 Å². The van der Waals surface area contributed by atoms with Crippen molar-refractivity contribution in [2.24, 2.45) is 5.92 Å². The lowest BCUT2D eigenvalue weighted by atomic mass is 9.69. The molecule has 2 aromatic carbocycles. The molecule has 0 unspecified atom stereocenters. The number of aromatic nitrogens is 1. The van der Waals surface area contributed by atoms with Gasteiger partial charge in [0, 0.05) is 23.4 Å². The van der Waals surface area contributed by atoms with E-state index in [-0.39, 0.29) is 41.7 Å². The van der Waals surface area contributed by atoms with Gasteiger partial charge in [-0.3, -0.25) is 4.79 Å². The third kappa shape index (κ3) is 3.62. The first-order valence-electron chi connectivity index (χ1n) is 9.55. The number of aliphatic hydroxyl groups is 1. The summed E-state index contributed by atoms with van der Waals surface area (Å²) >= 11 is 0. The van der Waals surface area contributed by atoms with Gasteiger partial charge in [0.1, 0.15) is 17.5 Å². The van der Waals surface area contributed by atoms with Crippen molar-refractivity contribution >= 4 is 16.8 Å². The van der Waals surface area contributed by atoms with Gasteiger partial charge in [0.05, 0.1) is 17.8 Å². The zero-order chi connectivity index (χ0) is 20.7. The molecule has 4 rings (SSSR count). The number of rotatable bonds is 5. The predicted molar refractivity (Wildman–Crippen MR) is 104 cm³/mol. The van der Waals surface area contributed by atoms with Crippen LogP contribution in [0.2, 0.25) is 0 Å². The summed E-state index contributed by atoms with van der Waals surface area (Å²) in [5.74, 6) is -2.18. The molecule has 0 spiro atoms. The lowest BCUT2D eigenvalue weighted by molar-refractivity contribution is -0.128. The lowest BCUT2D eigenvalue weighted by Crippen LogP contribution is -2.43. The highest BCUT2D eigenvalue weighted by molar-refractivity contribution is 5.92. The molecule has 0 saturated heterocycles. The van der Waals surface area contributed by atoms with Crippen molar-refractivity contribution in [3.63, 3.8) is 0 Å². The lowest BCUT2D eigenvalue weighted by Gasteiger charge is -2.35. The fraction of sp³-hybridized carbons (Fsp3) is 0.318. The second kappa shape index (κ2) is 7.55. The molecule has 3 N–H and O–H groups in total. The molecular weight excluding hydrogens is 381 g/mol. The normalized spacial score (nSPS) is 19.8. The van der Waals surface area contributed by atoms with Crippen molar-refractivity contribution in [1.82, 2.24) is 10.3 Å². The molecule has 1 saturated carbocycles. The fourth-order valence-electron chi connectivity index (χ4n) is 3.98. The number of benzene rings is 2. The summed E-state index contributed by atoms with van der Waals surface area (Å²) < 4.78 is 41.6. The Balaban J connectivity index is 1.71. The molecule has 1 aromatic heterocycles. The predicted octanol–water partition coefficient (Wildman–Crippen LogP) is 4.24. The molecule has 1 fully saturated rings. The number of amides is 1. The minimum atomic E-state index is -0.694. The number of hydrogen-bond acceptors (Lipinski definition) is 2. The Labute approximate surface area is 165 Å². The summed E-state index contributed by atoms with van der Waals surface area (Å²) in [5.41, 5.74) is 2.21. The van der Waals surface area contributed by atoms with E-state index >= 15 is 0 Å². The summed E-state index contributed by atoms with van der Waals surface area (Å²) in [7, 11) is 0. The van der Waals surface area contributed by atoms with Crippen molar-refractivity contribution in [3.05, 3.63) is 59.4 Å². The van der Waals surface area contributed by atoms with Crippen LogP contribution in [0.3, 0.4) is 0 Å². The van der Waals surface area contributed by atoms with E-state index in [4.69, 9.17) is 5.11 Å². The third-order valence-electron chi connectivity index (χ3n) is 5.58. The number of H-pyrrole nitrogens is 1. The largest absolute Gasteiger partial charge is 0.394 e. The Morgan fingerprint density at radius 1 is 1.17 bits per heavy atom. The molecular formula is C22H21F3N2O2. The Kier molecular flexibility index (Phi) is 5.08. The molecule has 29 heavy (non-hydrogen) atoms. The Hall–Kier alpha value is -2.80. The highest BCUT2D eigenvalue weighted by Gasteiger charge is 2.38. The van der Waals surface area contributed by atoms with Crippen molar-refractivity contribution in [2.45, 2.75) is 31.7 Å². The van der Waals surface area contributed by atoms with Gasteiger partial charge in [-0.1, -0.05) is 0 Å². The van der Waals surface area contributed by atoms with Crippen LogP contribution in [0, 0.1) is 23.4 Å². The van der Waals surface area contributed by atoms with Crippen molar-refractivity contribution in [1.29, 1.82) is 0 Å². The number of hydrogen-bond donors (Lipinski definition) is 3. The topological polar surface area (TPSA) is 65.1 Å². The van der Waals surface area contributed by atoms with Crippen LogP contribution in [0.4, 0.5) is 13.2 Å². The van der Waals surface area contributed by atoms with Crippen LogP contribution in [-0.4, -0.2) is 28.6 Å². The molecule has 1 aliphatic carbocycles. The Morgan fingerprint density at radius 2 is 1.86 bits per heavy atom. The van der Waals surface area contributed by atoms with Crippen LogP contribution >= 0.6 is 0 Å². The van der Waals surface area contributed by atoms with Crippen LogP contribution in [0.1, 0.15) is 31.2 Å². The van der Waals surface area contributed by atoms with Gasteiger partial charge in [-0.25, -0.2) is 13.2 Å². The van der Waals surface area contributed by atoms with Gasteiger partial charge in [0.15, 0.2) is 0 Å². The Bertz CT molecular complexity index is 1060. The van der Waals surface area contributed by atoms with E-state index in [1.165, 1.54) is 18.2 Å². The molecule has 0 radical (unpaired) electrons. The molecule has 3 aromatic rings. The van der Waals surface area contributed by atoms with Crippen LogP contribution < -0.4 is 5.32 Å². The number of aromatic amines is 1. The fourth-order valence-corrected chi connectivity index (χ4v) is 3.98. The smallest absolute Gasteiger partial charge is 0.223 e. The highest BCUT2D eigenvalue weighted by atomic mass is 19.1. The maximum Gasteiger partial charge on any atom is 0.223 e. The quantitative estimate of drug-likeness (QED) is 0.598. The second-order valence-electron chi connectivity index (χ2n) is 7.69. The van der Waals surface area contributed by atoms with Crippen molar-refractivity contribution in [2.75, 3.05) is 6.61 Å². The monoisotopic (exact) mass is 402 g/mol. The van der Waals surface area contributed by atoms with Gasteiger partial charge >= 0.3 is 0 Å². The van der Waals surface area contributed by atoms with Crippen molar-refractivity contribution in [3.8, 4) is 11.3 Å². The summed E-state index contributed by atoms with van der Waals surface area (Å²) in [6, 6.07) is 7.59. The average molecular weight is 402 g/mol. The number of fused-ring (bicyclic) bond motifs is 1. The van der Waals surface area contributed by atoms with Gasteiger partial charge in [0.25, 0.3) is 0 Å². The molecule has 1 aliphatic rings. The van der Waals surface area contributed by atoms with Crippen molar-refractivity contribution < 1.29 is 23.1 Å². The maximum atomic E-state index is 14.4. The first-order chi connectivity index (χ1) is 13.9. The second-order valence-corrected chi connectivity index (χ2v) is 7.69. The van der Waals surface area contributed by atoms with E-state index in [9.17, 15) is 18.0 Å². The SMILES string of the molecule is C[C@H](CO)NC(=O)[C@H]1C[C@@H](c2c(-c3ccc(F)cc3)[nH]c3c(F)cc(F)cc32)C1. The van der Waals surface area contributed by atoms with E-state index in [0.29, 0.717) is 29.5 Å². The number of aliphatic hydroxyl groups excluding tert-OH is 1. The zero-order valence-corrected chi connectivity index (χ0v) is 15.8. The minimum Gasteiger partial charge on any atom is -0.394 e. The standard InChI is InChI=1S/C22H21F3N2O2/c1-11(10-28)26-22(29)14-6-13(7-14)19-17-8-16(24)9-18(25)21(17)27-20(19)12-2-4-15(23)5-3-12/h2-5,8-9,11,13-14,27-28H,6-7,10H2,1H3,(H,26,29)/t11-,13-,14+/m1/s1. The minimum absolute atomic E-state index is 0.0646. The summed E-state index contributed by atoms with van der Waals surface area (Å²) in [5, 5.41) is 12.3. The number of halogens is 3. The molecule has 7 heteroatoms. The van der Waals surface area contributed by atoms with Gasteiger partial charge in [-0.05, 0) is 67.1 Å². The summed E-state index contributed by atoms with van der Waals surface area (Å²) in [6.07, 6.45) is 1.06. The van der Waals surface area contributed by atoms with E-state index in [1.807, 2.05) is 0 Å². The number of carbonyl (C=O) groups excluding carboxylic acids is 1. The van der Waals surface area contributed by atoms with Crippen LogP contribution in [0.15, 0.2) is 36.4 Å². The molecule has 152 valence electrons. The van der Waals surface area contributed by atoms with E-state index in [2.05, 4.69) is 10.3 Å². The van der Waals surface area contributed by atoms with Gasteiger partial charge in [-0.15, -0.1) is 0 Å². The van der Waals surface area contributed by atoms with Crippen LogP contribution in [0.5, 0.6) is 0 Å². The van der Waals surface area contributed by atoms with E-state index in [0.717, 1.165) is 11.6 Å². The van der Waals surface area contributed by atoms with Gasteiger partial charge in [-0.2, -0.15) is 0 Å². The summed E-state index contributed by atoms with van der Waals surface area (Å²) in [6.45, 7) is 1.57. The molecule has 1 amide bonds. The first-order valence-corrected chi connectivity index (χ1v) is 9.55. The summed E-state index contributed by atoms with van der Waals surface area (Å²) in [4.78, 5) is 15.3. The first kappa shape index (κ1) is 19.5. The molecule has 4 nitrogen and oxygen atoms in total. The maximum absolute atomic E-state index is 14.4. The molecule has 0 bridgehead atoms. The van der Waals surface area contributed by atoms with Gasteiger partial charge < -0.3 is 15.4 Å². The molecule has 1 heterocycles. The van der Waals surface area contributed by atoms with Gasteiger partial charge in [0.2, 0.25) is 5.91 Å². The molecule has 1 atom stereocenters. The zero-order valence-electron chi connectivity index (χ0n) is 15.8. The Morgan fingerprint density at radius 3 is 2.52 bits per heavy atom. The van der Waals surface area contributed by atoms with E-state index in [1.54, 1.807) is 19.1 Å². The van der Waals surface area contributed by atoms with E-state index < -0.39 is 11.6 Å². The van der Waals surface area contributed by atoms with Crippen LogP contribution in [-0.2, 0) is 4.79 Å².